The molecule has 1 aliphatic heterocycles. The third-order valence-electron chi connectivity index (χ3n) is 3.72. The number of pyridine rings is 1. The zero-order valence-electron chi connectivity index (χ0n) is 12.3. The summed E-state index contributed by atoms with van der Waals surface area (Å²) in [5.74, 6) is 2.61. The van der Waals surface area contributed by atoms with Gasteiger partial charge in [0.05, 0.1) is 0 Å². The molecule has 112 valence electrons. The minimum Gasteiger partial charge on any atom is -0.486 e. The van der Waals surface area contributed by atoms with Crippen LogP contribution in [0.4, 0.5) is 5.82 Å². The van der Waals surface area contributed by atoms with Crippen LogP contribution in [-0.2, 0) is 0 Å². The molecule has 2 heterocycles. The lowest BCUT2D eigenvalue weighted by Crippen LogP contribution is -2.26. The molecule has 21 heavy (non-hydrogen) atoms. The van der Waals surface area contributed by atoms with Crippen LogP contribution in [0.3, 0.4) is 0 Å². The molecule has 1 aliphatic rings. The molecule has 3 rings (SSSR count). The second-order valence-electron chi connectivity index (χ2n) is 5.07. The quantitative estimate of drug-likeness (QED) is 0.913. The average molecular weight is 287 g/mol. The van der Waals surface area contributed by atoms with Gasteiger partial charge in [-0.3, -0.25) is 0 Å². The number of hydrogen-bond acceptors (Lipinski definition) is 5. The van der Waals surface area contributed by atoms with Crippen molar-refractivity contribution in [2.75, 3.05) is 37.7 Å². The number of nitrogens with two attached hydrogens (primary N) is 1. The van der Waals surface area contributed by atoms with Gasteiger partial charge in [-0.2, -0.15) is 0 Å². The summed E-state index contributed by atoms with van der Waals surface area (Å²) in [6.07, 6.45) is 2.80. The second kappa shape index (κ2) is 6.18. The number of hydrogen-bond donors (Lipinski definition) is 1. The molecule has 2 aromatic rings. The fourth-order valence-electron chi connectivity index (χ4n) is 2.64. The molecule has 0 atom stereocenters. The number of rotatable bonds is 5. The Hall–Kier alpha value is -2.01. The predicted octanol–water partition coefficient (Wildman–Crippen LogP) is 2.18. The highest BCUT2D eigenvalue weighted by Gasteiger charge is 2.16. The van der Waals surface area contributed by atoms with Crippen molar-refractivity contribution in [3.63, 3.8) is 0 Å². The summed E-state index contributed by atoms with van der Waals surface area (Å²) in [7, 11) is 0. The number of fused-ring (bicyclic) bond motifs is 2. The van der Waals surface area contributed by atoms with E-state index in [1.54, 1.807) is 0 Å². The monoisotopic (exact) mass is 287 g/mol. The summed E-state index contributed by atoms with van der Waals surface area (Å²) in [6.45, 7) is 5.84. The third kappa shape index (κ3) is 2.74. The van der Waals surface area contributed by atoms with Crippen LogP contribution >= 0.6 is 0 Å². The molecule has 0 saturated heterocycles. The summed E-state index contributed by atoms with van der Waals surface area (Å²) in [5, 5.41) is 2.22. The van der Waals surface area contributed by atoms with Crippen molar-refractivity contribution < 1.29 is 9.47 Å². The highest BCUT2D eigenvalue weighted by Crippen LogP contribution is 2.37. The maximum absolute atomic E-state index is 5.69. The Morgan fingerprint density at radius 2 is 2.00 bits per heavy atom. The first-order valence-electron chi connectivity index (χ1n) is 7.47. The van der Waals surface area contributed by atoms with Crippen LogP contribution in [0, 0.1) is 0 Å². The van der Waals surface area contributed by atoms with Gasteiger partial charge in [0.15, 0.2) is 11.5 Å². The molecule has 0 unspecified atom stereocenters. The Balaban J connectivity index is 2.05. The lowest BCUT2D eigenvalue weighted by Gasteiger charge is -2.24. The maximum atomic E-state index is 5.69. The maximum Gasteiger partial charge on any atom is 0.162 e. The van der Waals surface area contributed by atoms with E-state index in [0.717, 1.165) is 47.6 Å². The number of aromatic nitrogens is 1. The average Bonchev–Trinajstić information content (AvgIpc) is 2.53. The molecule has 0 amide bonds. The van der Waals surface area contributed by atoms with Gasteiger partial charge in [0.1, 0.15) is 19.0 Å². The van der Waals surface area contributed by atoms with Gasteiger partial charge in [0.2, 0.25) is 0 Å². The molecule has 1 aromatic heterocycles. The standard InChI is InChI=1S/C16H21N3O2/c1-2-19(7-3-5-17)16-13-11-15-14(20-8-9-21-15)10-12(13)4-6-18-16/h4,6,10-11H,2-3,5,7-9,17H2,1H3. The van der Waals surface area contributed by atoms with Crippen LogP contribution < -0.4 is 20.1 Å². The number of ether oxygens (including phenoxy) is 2. The SMILES string of the molecule is CCN(CCCN)c1nccc2cc3c(cc12)OCCO3. The summed E-state index contributed by atoms with van der Waals surface area (Å²) >= 11 is 0. The van der Waals surface area contributed by atoms with Crippen molar-refractivity contribution in [2.45, 2.75) is 13.3 Å². The number of benzene rings is 1. The minimum atomic E-state index is 0.596. The van der Waals surface area contributed by atoms with E-state index in [4.69, 9.17) is 15.2 Å². The van der Waals surface area contributed by atoms with Gasteiger partial charge in [-0.25, -0.2) is 4.98 Å². The lowest BCUT2D eigenvalue weighted by atomic mass is 10.1. The molecular formula is C16H21N3O2. The Bertz CT molecular complexity index is 630. The van der Waals surface area contributed by atoms with E-state index in [2.05, 4.69) is 16.8 Å². The van der Waals surface area contributed by atoms with Crippen LogP contribution in [0.1, 0.15) is 13.3 Å². The Morgan fingerprint density at radius 3 is 2.71 bits per heavy atom. The van der Waals surface area contributed by atoms with E-state index in [1.807, 2.05) is 24.4 Å². The fraction of sp³-hybridized carbons (Fsp3) is 0.438. The van der Waals surface area contributed by atoms with Gasteiger partial charge in [0, 0.05) is 24.7 Å². The van der Waals surface area contributed by atoms with E-state index >= 15 is 0 Å². The molecular weight excluding hydrogens is 266 g/mol. The zero-order chi connectivity index (χ0) is 14.7. The third-order valence-corrected chi connectivity index (χ3v) is 3.72. The Morgan fingerprint density at radius 1 is 1.24 bits per heavy atom. The van der Waals surface area contributed by atoms with E-state index in [9.17, 15) is 0 Å². The summed E-state index contributed by atoms with van der Waals surface area (Å²) < 4.78 is 11.3. The summed E-state index contributed by atoms with van der Waals surface area (Å²) in [4.78, 5) is 6.82. The van der Waals surface area contributed by atoms with Gasteiger partial charge in [-0.1, -0.05) is 0 Å². The topological polar surface area (TPSA) is 60.6 Å². The zero-order valence-corrected chi connectivity index (χ0v) is 12.3. The van der Waals surface area contributed by atoms with Gasteiger partial charge in [-0.05, 0) is 43.5 Å². The van der Waals surface area contributed by atoms with Crippen molar-refractivity contribution in [1.29, 1.82) is 0 Å². The first kappa shape index (κ1) is 13.9. The van der Waals surface area contributed by atoms with Crippen molar-refractivity contribution in [1.82, 2.24) is 4.98 Å². The van der Waals surface area contributed by atoms with Crippen LogP contribution in [0.25, 0.3) is 10.8 Å². The van der Waals surface area contributed by atoms with Gasteiger partial charge >= 0.3 is 0 Å². The van der Waals surface area contributed by atoms with E-state index in [-0.39, 0.29) is 0 Å². The minimum absolute atomic E-state index is 0.596. The summed E-state index contributed by atoms with van der Waals surface area (Å²) in [5.41, 5.74) is 5.63. The van der Waals surface area contributed by atoms with Gasteiger partial charge < -0.3 is 20.1 Å². The van der Waals surface area contributed by atoms with E-state index < -0.39 is 0 Å². The van der Waals surface area contributed by atoms with Crippen LogP contribution in [0.2, 0.25) is 0 Å². The Labute approximate surface area is 124 Å². The van der Waals surface area contributed by atoms with Crippen LogP contribution in [0.5, 0.6) is 11.5 Å². The van der Waals surface area contributed by atoms with Crippen molar-refractivity contribution in [3.8, 4) is 11.5 Å². The highest BCUT2D eigenvalue weighted by molar-refractivity contribution is 5.94. The number of anilines is 1. The first-order valence-corrected chi connectivity index (χ1v) is 7.47. The largest absolute Gasteiger partial charge is 0.486 e. The predicted molar refractivity (Wildman–Crippen MR) is 84.3 cm³/mol. The lowest BCUT2D eigenvalue weighted by molar-refractivity contribution is 0.172. The molecule has 0 fully saturated rings. The van der Waals surface area contributed by atoms with Crippen molar-refractivity contribution in [2.24, 2.45) is 5.73 Å². The molecule has 0 spiro atoms. The van der Waals surface area contributed by atoms with Crippen LogP contribution in [0.15, 0.2) is 24.4 Å². The normalized spacial score (nSPS) is 13.4. The molecule has 1 aromatic carbocycles. The molecule has 5 heteroatoms. The van der Waals surface area contributed by atoms with Crippen LogP contribution in [-0.4, -0.2) is 37.8 Å². The highest BCUT2D eigenvalue weighted by atomic mass is 16.6. The Kier molecular flexibility index (Phi) is 4.10. The summed E-state index contributed by atoms with van der Waals surface area (Å²) in [6, 6.07) is 6.08. The van der Waals surface area contributed by atoms with Crippen molar-refractivity contribution >= 4 is 16.6 Å². The molecule has 0 radical (unpaired) electrons. The molecule has 5 nitrogen and oxygen atoms in total. The molecule has 2 N–H and O–H groups in total. The van der Waals surface area contributed by atoms with Gasteiger partial charge in [0.25, 0.3) is 0 Å². The smallest absolute Gasteiger partial charge is 0.162 e. The molecule has 0 aliphatic carbocycles. The number of nitrogens with zero attached hydrogens (tertiary/aromatic N) is 2. The fourth-order valence-corrected chi connectivity index (χ4v) is 2.64. The van der Waals surface area contributed by atoms with E-state index in [0.29, 0.717) is 19.8 Å². The molecule has 0 saturated carbocycles. The van der Waals surface area contributed by atoms with Gasteiger partial charge in [-0.15, -0.1) is 0 Å². The van der Waals surface area contributed by atoms with Crippen molar-refractivity contribution in [3.05, 3.63) is 24.4 Å². The second-order valence-corrected chi connectivity index (χ2v) is 5.07. The molecule has 0 bridgehead atoms. The first-order chi connectivity index (χ1) is 10.3. The van der Waals surface area contributed by atoms with E-state index in [1.165, 1.54) is 0 Å².